The highest BCUT2D eigenvalue weighted by Crippen LogP contribution is 2.32. The van der Waals surface area contributed by atoms with Crippen LogP contribution < -0.4 is 20.1 Å². The molecule has 1 saturated carbocycles. The van der Waals surface area contributed by atoms with Gasteiger partial charge >= 0.3 is 0 Å². The number of benzene rings is 2. The highest BCUT2D eigenvalue weighted by molar-refractivity contribution is 5.95. The Morgan fingerprint density at radius 2 is 1.85 bits per heavy atom. The standard InChI is InChI=1S/C21H25N3O3/c25-18-9-5-4-8-17(18)24-21(23-16-6-2-1-3-7-16)22-13-15-10-11-19-20(12-15)27-14-26-19/h4-5,8-12,16,25H,1-3,6-7,13-14H2,(H2,22,23,24). The number of ether oxygens (including phenoxy) is 2. The molecule has 3 N–H and O–H groups in total. The summed E-state index contributed by atoms with van der Waals surface area (Å²) < 4.78 is 10.8. The Morgan fingerprint density at radius 1 is 1.04 bits per heavy atom. The van der Waals surface area contributed by atoms with Crippen LogP contribution in [0.25, 0.3) is 0 Å². The number of para-hydroxylation sites is 2. The van der Waals surface area contributed by atoms with Crippen LogP contribution in [0.15, 0.2) is 47.5 Å². The van der Waals surface area contributed by atoms with Gasteiger partial charge in [0.1, 0.15) is 5.75 Å². The van der Waals surface area contributed by atoms with Gasteiger partial charge in [-0.3, -0.25) is 0 Å². The maximum atomic E-state index is 10.1. The monoisotopic (exact) mass is 367 g/mol. The van der Waals surface area contributed by atoms with Gasteiger partial charge in [-0.15, -0.1) is 0 Å². The summed E-state index contributed by atoms with van der Waals surface area (Å²) in [7, 11) is 0. The molecule has 0 saturated heterocycles. The average Bonchev–Trinajstić information content (AvgIpc) is 3.16. The molecule has 0 amide bonds. The van der Waals surface area contributed by atoms with E-state index >= 15 is 0 Å². The smallest absolute Gasteiger partial charge is 0.231 e. The van der Waals surface area contributed by atoms with Gasteiger partial charge in [-0.25, -0.2) is 4.99 Å². The first-order valence-electron chi connectivity index (χ1n) is 9.52. The number of phenolic OH excluding ortho intramolecular Hbond substituents is 1. The Hall–Kier alpha value is -2.89. The van der Waals surface area contributed by atoms with E-state index in [0.29, 0.717) is 24.2 Å². The van der Waals surface area contributed by atoms with Crippen LogP contribution in [-0.4, -0.2) is 23.9 Å². The molecule has 6 nitrogen and oxygen atoms in total. The number of anilines is 1. The van der Waals surface area contributed by atoms with E-state index in [1.165, 1.54) is 19.3 Å². The Bertz CT molecular complexity index is 816. The number of guanidine groups is 1. The number of hydrogen-bond acceptors (Lipinski definition) is 4. The van der Waals surface area contributed by atoms with Crippen LogP contribution in [0.4, 0.5) is 5.69 Å². The lowest BCUT2D eigenvalue weighted by atomic mass is 9.96. The second-order valence-corrected chi connectivity index (χ2v) is 6.97. The zero-order chi connectivity index (χ0) is 18.5. The van der Waals surface area contributed by atoms with Gasteiger partial charge in [-0.1, -0.05) is 37.5 Å². The number of fused-ring (bicyclic) bond motifs is 1. The van der Waals surface area contributed by atoms with E-state index in [2.05, 4.69) is 10.6 Å². The normalized spacial score (nSPS) is 17.0. The summed E-state index contributed by atoms with van der Waals surface area (Å²) in [6.07, 6.45) is 6.07. The molecule has 1 heterocycles. The summed E-state index contributed by atoms with van der Waals surface area (Å²) in [5, 5.41) is 16.9. The number of nitrogens with one attached hydrogen (secondary N) is 2. The van der Waals surface area contributed by atoms with Crippen molar-refractivity contribution >= 4 is 11.6 Å². The number of phenols is 1. The van der Waals surface area contributed by atoms with Crippen molar-refractivity contribution < 1.29 is 14.6 Å². The summed E-state index contributed by atoms with van der Waals surface area (Å²) in [6, 6.07) is 13.5. The minimum atomic E-state index is 0.207. The molecular formula is C21H25N3O3. The molecule has 2 aromatic carbocycles. The molecule has 1 aliphatic carbocycles. The van der Waals surface area contributed by atoms with Crippen LogP contribution in [0.5, 0.6) is 17.2 Å². The molecule has 0 radical (unpaired) electrons. The first-order chi connectivity index (χ1) is 13.3. The second kappa shape index (κ2) is 8.20. The van der Waals surface area contributed by atoms with Crippen LogP contribution >= 0.6 is 0 Å². The van der Waals surface area contributed by atoms with Crippen LogP contribution in [0.2, 0.25) is 0 Å². The molecule has 0 atom stereocenters. The lowest BCUT2D eigenvalue weighted by molar-refractivity contribution is 0.174. The first-order valence-corrected chi connectivity index (χ1v) is 9.52. The fourth-order valence-corrected chi connectivity index (χ4v) is 3.48. The fraction of sp³-hybridized carbons (Fsp3) is 0.381. The third-order valence-electron chi connectivity index (χ3n) is 4.96. The van der Waals surface area contributed by atoms with Gasteiger partial charge < -0.3 is 25.2 Å². The number of nitrogens with zero attached hydrogens (tertiary/aromatic N) is 1. The van der Waals surface area contributed by atoms with E-state index in [9.17, 15) is 5.11 Å². The predicted molar refractivity (Wildman–Crippen MR) is 105 cm³/mol. The van der Waals surface area contributed by atoms with Crippen molar-refractivity contribution in [2.75, 3.05) is 12.1 Å². The van der Waals surface area contributed by atoms with Gasteiger partial charge in [0.05, 0.1) is 12.2 Å². The molecule has 1 fully saturated rings. The van der Waals surface area contributed by atoms with Crippen molar-refractivity contribution in [3.05, 3.63) is 48.0 Å². The molecular weight excluding hydrogens is 342 g/mol. The zero-order valence-corrected chi connectivity index (χ0v) is 15.3. The molecule has 142 valence electrons. The number of aromatic hydroxyl groups is 1. The molecule has 4 rings (SSSR count). The zero-order valence-electron chi connectivity index (χ0n) is 15.3. The third-order valence-corrected chi connectivity index (χ3v) is 4.96. The molecule has 2 aliphatic rings. The van der Waals surface area contributed by atoms with E-state index in [1.807, 2.05) is 30.3 Å². The van der Waals surface area contributed by atoms with Gasteiger partial charge in [0.2, 0.25) is 6.79 Å². The number of rotatable bonds is 4. The predicted octanol–water partition coefficient (Wildman–Crippen LogP) is 4.01. The van der Waals surface area contributed by atoms with E-state index in [0.717, 1.165) is 29.9 Å². The summed E-state index contributed by atoms with van der Waals surface area (Å²) in [5.74, 6) is 2.42. The highest BCUT2D eigenvalue weighted by Gasteiger charge is 2.16. The van der Waals surface area contributed by atoms with Gasteiger partial charge in [-0.05, 0) is 42.7 Å². The van der Waals surface area contributed by atoms with Gasteiger partial charge in [0.15, 0.2) is 17.5 Å². The molecule has 0 bridgehead atoms. The summed E-state index contributed by atoms with van der Waals surface area (Å²) >= 11 is 0. The van der Waals surface area contributed by atoms with Crippen molar-refractivity contribution in [1.82, 2.24) is 5.32 Å². The Balaban J connectivity index is 1.50. The Morgan fingerprint density at radius 3 is 2.70 bits per heavy atom. The molecule has 1 aliphatic heterocycles. The lowest BCUT2D eigenvalue weighted by Gasteiger charge is -2.25. The summed E-state index contributed by atoms with van der Waals surface area (Å²) in [4.78, 5) is 4.74. The molecule has 6 heteroatoms. The topological polar surface area (TPSA) is 75.1 Å². The fourth-order valence-electron chi connectivity index (χ4n) is 3.48. The average molecular weight is 367 g/mol. The minimum Gasteiger partial charge on any atom is -0.506 e. The van der Waals surface area contributed by atoms with Crippen molar-refractivity contribution in [3.8, 4) is 17.2 Å². The maximum absolute atomic E-state index is 10.1. The van der Waals surface area contributed by atoms with Gasteiger partial charge in [-0.2, -0.15) is 0 Å². The van der Waals surface area contributed by atoms with Crippen LogP contribution in [0.3, 0.4) is 0 Å². The van der Waals surface area contributed by atoms with E-state index in [-0.39, 0.29) is 12.5 Å². The highest BCUT2D eigenvalue weighted by atomic mass is 16.7. The maximum Gasteiger partial charge on any atom is 0.231 e. The van der Waals surface area contributed by atoms with Crippen LogP contribution in [0.1, 0.15) is 37.7 Å². The SMILES string of the molecule is Oc1ccccc1NC(=NCc1ccc2c(c1)OCO2)NC1CCCCC1. The quantitative estimate of drug-likeness (QED) is 0.432. The first kappa shape index (κ1) is 17.5. The summed E-state index contributed by atoms with van der Waals surface area (Å²) in [6.45, 7) is 0.775. The molecule has 27 heavy (non-hydrogen) atoms. The van der Waals surface area contributed by atoms with E-state index in [4.69, 9.17) is 14.5 Å². The lowest BCUT2D eigenvalue weighted by Crippen LogP contribution is -2.40. The molecule has 0 unspecified atom stereocenters. The minimum absolute atomic E-state index is 0.207. The van der Waals surface area contributed by atoms with Crippen molar-refractivity contribution in [2.24, 2.45) is 4.99 Å². The van der Waals surface area contributed by atoms with Gasteiger partial charge in [0, 0.05) is 6.04 Å². The molecule has 0 spiro atoms. The van der Waals surface area contributed by atoms with Crippen molar-refractivity contribution in [2.45, 2.75) is 44.7 Å². The third kappa shape index (κ3) is 4.45. The van der Waals surface area contributed by atoms with Gasteiger partial charge in [0.25, 0.3) is 0 Å². The number of hydrogen-bond donors (Lipinski definition) is 3. The van der Waals surface area contributed by atoms with Crippen LogP contribution in [-0.2, 0) is 6.54 Å². The van der Waals surface area contributed by atoms with E-state index in [1.54, 1.807) is 12.1 Å². The second-order valence-electron chi connectivity index (χ2n) is 6.97. The number of aliphatic imine (C=N–C) groups is 1. The van der Waals surface area contributed by atoms with Crippen molar-refractivity contribution in [3.63, 3.8) is 0 Å². The molecule has 2 aromatic rings. The Labute approximate surface area is 159 Å². The Kier molecular flexibility index (Phi) is 5.32. The van der Waals surface area contributed by atoms with Crippen molar-refractivity contribution in [1.29, 1.82) is 0 Å². The van der Waals surface area contributed by atoms with Crippen LogP contribution in [0, 0.1) is 0 Å². The van der Waals surface area contributed by atoms with E-state index < -0.39 is 0 Å². The largest absolute Gasteiger partial charge is 0.506 e. The molecule has 0 aromatic heterocycles. The summed E-state index contributed by atoms with van der Waals surface area (Å²) in [5.41, 5.74) is 1.69.